The van der Waals surface area contributed by atoms with Gasteiger partial charge in [-0.3, -0.25) is 4.79 Å². The smallest absolute Gasteiger partial charge is 0.465 e. The molecule has 0 aliphatic carbocycles. The zero-order valence-corrected chi connectivity index (χ0v) is 13.4. The van der Waals surface area contributed by atoms with Crippen molar-refractivity contribution < 1.29 is 32.6 Å². The van der Waals surface area contributed by atoms with E-state index in [0.29, 0.717) is 5.56 Å². The van der Waals surface area contributed by atoms with Gasteiger partial charge in [0.15, 0.2) is 0 Å². The summed E-state index contributed by atoms with van der Waals surface area (Å²) in [4.78, 5) is 24.6. The third-order valence-corrected chi connectivity index (χ3v) is 4.06. The first kappa shape index (κ1) is 18.1. The molecule has 0 bridgehead atoms. The van der Waals surface area contributed by atoms with Crippen molar-refractivity contribution in [2.45, 2.75) is 39.6 Å². The maximum absolute atomic E-state index is 12.4. The second-order valence-electron chi connectivity index (χ2n) is 6.78. The van der Waals surface area contributed by atoms with E-state index in [2.05, 4.69) is 4.74 Å². The molecule has 1 fully saturated rings. The van der Waals surface area contributed by atoms with E-state index >= 15 is 0 Å². The molecule has 8 heteroatoms. The summed E-state index contributed by atoms with van der Waals surface area (Å²) in [5, 5.41) is 9.34. The summed E-state index contributed by atoms with van der Waals surface area (Å²) in [6.07, 6.45) is -5.88. The quantitative estimate of drug-likeness (QED) is 0.872. The molecule has 1 aliphatic rings. The number of amides is 2. The average molecular weight is 345 g/mol. The van der Waals surface area contributed by atoms with Crippen molar-refractivity contribution in [3.05, 3.63) is 29.8 Å². The van der Waals surface area contributed by atoms with Gasteiger partial charge in [0.05, 0.1) is 6.04 Å². The third-order valence-electron chi connectivity index (χ3n) is 4.06. The number of ether oxygens (including phenoxy) is 1. The number of carbonyl (C=O) groups excluding carboxylic acids is 1. The molecule has 5 nitrogen and oxygen atoms in total. The van der Waals surface area contributed by atoms with E-state index in [1.807, 2.05) is 20.8 Å². The van der Waals surface area contributed by atoms with Crippen LogP contribution in [0.2, 0.25) is 0 Å². The van der Waals surface area contributed by atoms with Gasteiger partial charge in [0.25, 0.3) is 0 Å². The number of halogens is 3. The number of rotatable bonds is 2. The van der Waals surface area contributed by atoms with Crippen LogP contribution < -0.4 is 4.74 Å². The molecule has 1 aromatic carbocycles. The van der Waals surface area contributed by atoms with Crippen LogP contribution in [-0.4, -0.2) is 28.4 Å². The Morgan fingerprint density at radius 1 is 1.21 bits per heavy atom. The van der Waals surface area contributed by atoms with Gasteiger partial charge in [-0.1, -0.05) is 32.9 Å². The van der Waals surface area contributed by atoms with Crippen LogP contribution in [0.1, 0.15) is 38.8 Å². The van der Waals surface area contributed by atoms with Crippen LogP contribution in [0.25, 0.3) is 0 Å². The Balaban J connectivity index is 2.29. The fraction of sp³-hybridized carbons (Fsp3) is 0.500. The highest BCUT2D eigenvalue weighted by Gasteiger charge is 2.48. The fourth-order valence-electron chi connectivity index (χ4n) is 2.88. The van der Waals surface area contributed by atoms with Crippen LogP contribution in [0.4, 0.5) is 18.0 Å². The molecular formula is C16H18F3NO4. The van der Waals surface area contributed by atoms with Gasteiger partial charge >= 0.3 is 12.5 Å². The van der Waals surface area contributed by atoms with Gasteiger partial charge in [0.1, 0.15) is 5.75 Å². The van der Waals surface area contributed by atoms with Crippen molar-refractivity contribution in [2.24, 2.45) is 11.3 Å². The number of alkyl halides is 3. The number of hydrogen-bond donors (Lipinski definition) is 1. The molecule has 2 unspecified atom stereocenters. The number of nitrogens with zero attached hydrogens (tertiary/aromatic N) is 1. The molecule has 0 aromatic heterocycles. The lowest BCUT2D eigenvalue weighted by atomic mass is 9.78. The van der Waals surface area contributed by atoms with Crippen LogP contribution in [0, 0.1) is 11.3 Å². The molecular weight excluding hydrogens is 327 g/mol. The highest BCUT2D eigenvalue weighted by atomic mass is 19.4. The van der Waals surface area contributed by atoms with Gasteiger partial charge in [0.2, 0.25) is 5.91 Å². The Morgan fingerprint density at radius 2 is 1.75 bits per heavy atom. The molecule has 2 amide bonds. The van der Waals surface area contributed by atoms with E-state index < -0.39 is 41.5 Å². The topological polar surface area (TPSA) is 66.8 Å². The fourth-order valence-corrected chi connectivity index (χ4v) is 2.88. The molecule has 1 N–H and O–H groups in total. The minimum Gasteiger partial charge on any atom is -0.465 e. The molecule has 132 valence electrons. The number of benzene rings is 1. The first-order valence-electron chi connectivity index (χ1n) is 7.32. The normalized spacial score (nSPS) is 21.9. The lowest BCUT2D eigenvalue weighted by molar-refractivity contribution is -0.274. The van der Waals surface area contributed by atoms with Gasteiger partial charge in [-0.25, -0.2) is 9.69 Å². The number of carboxylic acid groups (broad SMARTS) is 1. The summed E-state index contributed by atoms with van der Waals surface area (Å²) in [5.74, 6) is -1.37. The Kier molecular flexibility index (Phi) is 4.52. The summed E-state index contributed by atoms with van der Waals surface area (Å²) >= 11 is 0. The highest BCUT2D eigenvalue weighted by molar-refractivity contribution is 5.95. The average Bonchev–Trinajstić information content (AvgIpc) is 2.75. The van der Waals surface area contributed by atoms with Gasteiger partial charge in [0, 0.05) is 5.92 Å². The van der Waals surface area contributed by atoms with Crippen LogP contribution in [0.3, 0.4) is 0 Å². The number of imide groups is 1. The largest absolute Gasteiger partial charge is 0.573 e. The molecule has 2 atom stereocenters. The molecule has 24 heavy (non-hydrogen) atoms. The van der Waals surface area contributed by atoms with Crippen molar-refractivity contribution >= 4 is 12.0 Å². The molecule has 1 heterocycles. The Labute approximate surface area is 137 Å². The summed E-state index contributed by atoms with van der Waals surface area (Å²) in [6.45, 7) is 5.54. The zero-order valence-electron chi connectivity index (χ0n) is 13.4. The SMILES string of the molecule is CC(C)(C)C1CC(c2ccc(OC(F)(F)F)cc2)N(C(=O)O)C1=O. The zero-order chi connectivity index (χ0) is 18.3. The van der Waals surface area contributed by atoms with E-state index in [4.69, 9.17) is 0 Å². The second kappa shape index (κ2) is 5.99. The Hall–Kier alpha value is -2.25. The van der Waals surface area contributed by atoms with Gasteiger partial charge in [-0.2, -0.15) is 0 Å². The van der Waals surface area contributed by atoms with Gasteiger partial charge in [-0.15, -0.1) is 13.2 Å². The van der Waals surface area contributed by atoms with Gasteiger partial charge in [-0.05, 0) is 29.5 Å². The molecule has 1 aliphatic heterocycles. The Bertz CT molecular complexity index is 634. The molecule has 0 spiro atoms. The van der Waals surface area contributed by atoms with Crippen molar-refractivity contribution in [3.8, 4) is 5.75 Å². The molecule has 2 rings (SSSR count). The first-order valence-corrected chi connectivity index (χ1v) is 7.32. The molecule has 0 saturated carbocycles. The lowest BCUT2D eigenvalue weighted by Gasteiger charge is -2.24. The standard InChI is InChI=1S/C16H18F3NO4/c1-15(2,3)11-8-12(20(13(11)21)14(22)23)9-4-6-10(7-5-9)24-16(17,18)19/h4-7,11-12H,8H2,1-3H3,(H,22,23). The van der Waals surface area contributed by atoms with Crippen molar-refractivity contribution in [2.75, 3.05) is 0 Å². The maximum atomic E-state index is 12.4. The van der Waals surface area contributed by atoms with Crippen LogP contribution in [-0.2, 0) is 4.79 Å². The van der Waals surface area contributed by atoms with Crippen molar-refractivity contribution in [1.29, 1.82) is 0 Å². The van der Waals surface area contributed by atoms with Crippen molar-refractivity contribution in [3.63, 3.8) is 0 Å². The Morgan fingerprint density at radius 3 is 2.17 bits per heavy atom. The minimum absolute atomic E-state index is 0.286. The molecule has 1 saturated heterocycles. The second-order valence-corrected chi connectivity index (χ2v) is 6.78. The van der Waals surface area contributed by atoms with E-state index in [9.17, 15) is 27.9 Å². The summed E-state index contributed by atoms with van der Waals surface area (Å²) in [5.41, 5.74) is 0.0332. The van der Waals surface area contributed by atoms with Gasteiger partial charge < -0.3 is 9.84 Å². The van der Waals surface area contributed by atoms with E-state index in [1.165, 1.54) is 12.1 Å². The molecule has 0 radical (unpaired) electrons. The predicted molar refractivity (Wildman–Crippen MR) is 78.3 cm³/mol. The highest BCUT2D eigenvalue weighted by Crippen LogP contribution is 2.44. The summed E-state index contributed by atoms with van der Waals surface area (Å²) in [7, 11) is 0. The summed E-state index contributed by atoms with van der Waals surface area (Å²) < 4.78 is 40.4. The monoisotopic (exact) mass is 345 g/mol. The third kappa shape index (κ3) is 3.80. The van der Waals surface area contributed by atoms with E-state index in [0.717, 1.165) is 17.0 Å². The van der Waals surface area contributed by atoms with Crippen molar-refractivity contribution in [1.82, 2.24) is 4.90 Å². The minimum atomic E-state index is -4.80. The van der Waals surface area contributed by atoms with Crippen LogP contribution in [0.15, 0.2) is 24.3 Å². The van der Waals surface area contributed by atoms with Crippen LogP contribution in [0.5, 0.6) is 5.75 Å². The lowest BCUT2D eigenvalue weighted by Crippen LogP contribution is -2.36. The summed E-state index contributed by atoms with van der Waals surface area (Å²) in [6, 6.07) is 4.19. The maximum Gasteiger partial charge on any atom is 0.573 e. The molecule has 1 aromatic rings. The van der Waals surface area contributed by atoms with E-state index in [1.54, 1.807) is 0 Å². The predicted octanol–water partition coefficient (Wildman–Crippen LogP) is 4.20. The van der Waals surface area contributed by atoms with Crippen LogP contribution >= 0.6 is 0 Å². The number of hydrogen-bond acceptors (Lipinski definition) is 3. The number of likely N-dealkylation sites (tertiary alicyclic amines) is 1. The van der Waals surface area contributed by atoms with E-state index in [-0.39, 0.29) is 6.42 Å². The first-order chi connectivity index (χ1) is 10.9. The number of carbonyl (C=O) groups is 2.